The van der Waals surface area contributed by atoms with Crippen LogP contribution >= 0.6 is 11.5 Å². The highest BCUT2D eigenvalue weighted by molar-refractivity contribution is 7.13. The fourth-order valence-corrected chi connectivity index (χ4v) is 1.99. The minimum absolute atomic E-state index is 0.121. The van der Waals surface area contributed by atoms with Gasteiger partial charge in [-0.05, 0) is 24.5 Å². The zero-order valence-corrected chi connectivity index (χ0v) is 7.67. The van der Waals surface area contributed by atoms with Crippen LogP contribution in [0.25, 0.3) is 10.1 Å². The van der Waals surface area contributed by atoms with Gasteiger partial charge in [-0.15, -0.1) is 0 Å². The molecule has 66 valence electrons. The molecule has 1 aromatic heterocycles. The van der Waals surface area contributed by atoms with Crippen molar-refractivity contribution in [1.29, 1.82) is 0 Å². The van der Waals surface area contributed by atoms with Gasteiger partial charge in [0.1, 0.15) is 0 Å². The van der Waals surface area contributed by atoms with Gasteiger partial charge in [-0.3, -0.25) is 10.1 Å². The van der Waals surface area contributed by atoms with Crippen molar-refractivity contribution in [2.75, 3.05) is 0 Å². The largest absolute Gasteiger partial charge is 0.270 e. The molecule has 0 fully saturated rings. The van der Waals surface area contributed by atoms with Gasteiger partial charge in [-0.2, -0.15) is 4.37 Å². The van der Waals surface area contributed by atoms with Gasteiger partial charge in [-0.25, -0.2) is 0 Å². The van der Waals surface area contributed by atoms with Gasteiger partial charge >= 0.3 is 0 Å². The summed E-state index contributed by atoms with van der Waals surface area (Å²) in [6.45, 7) is 1.89. The summed E-state index contributed by atoms with van der Waals surface area (Å²) in [6.07, 6.45) is 0. The molecular formula is C8H6N2O2S. The van der Waals surface area contributed by atoms with Crippen molar-refractivity contribution in [1.82, 2.24) is 4.37 Å². The number of benzene rings is 1. The van der Waals surface area contributed by atoms with Gasteiger partial charge in [0, 0.05) is 17.5 Å². The minimum Gasteiger partial charge on any atom is -0.258 e. The van der Waals surface area contributed by atoms with E-state index in [4.69, 9.17) is 0 Å². The Balaban J connectivity index is 2.70. The Bertz CT molecular complexity index is 478. The van der Waals surface area contributed by atoms with Crippen molar-refractivity contribution >= 4 is 27.3 Å². The predicted octanol–water partition coefficient (Wildman–Crippen LogP) is 2.51. The van der Waals surface area contributed by atoms with Crippen molar-refractivity contribution in [3.63, 3.8) is 0 Å². The molecule has 4 nitrogen and oxygen atoms in total. The highest BCUT2D eigenvalue weighted by Gasteiger charge is 2.08. The van der Waals surface area contributed by atoms with E-state index in [9.17, 15) is 10.1 Å². The fraction of sp³-hybridized carbons (Fsp3) is 0.125. The van der Waals surface area contributed by atoms with Gasteiger partial charge in [0.15, 0.2) is 0 Å². The Labute approximate surface area is 78.1 Å². The summed E-state index contributed by atoms with van der Waals surface area (Å²) < 4.78 is 4.98. The predicted molar refractivity (Wildman–Crippen MR) is 51.0 cm³/mol. The second-order valence-electron chi connectivity index (χ2n) is 2.71. The first-order valence-corrected chi connectivity index (χ1v) is 4.46. The zero-order valence-electron chi connectivity index (χ0n) is 6.85. The number of nitrogens with zero attached hydrogens (tertiary/aromatic N) is 2. The Morgan fingerprint density at radius 2 is 2.31 bits per heavy atom. The van der Waals surface area contributed by atoms with Crippen LogP contribution in [-0.2, 0) is 0 Å². The van der Waals surface area contributed by atoms with Gasteiger partial charge in [0.05, 0.1) is 15.3 Å². The van der Waals surface area contributed by atoms with Gasteiger partial charge < -0.3 is 0 Å². The third-order valence-electron chi connectivity index (χ3n) is 1.85. The Morgan fingerprint density at radius 1 is 1.54 bits per heavy atom. The lowest BCUT2D eigenvalue weighted by Gasteiger charge is -1.90. The zero-order chi connectivity index (χ0) is 9.42. The smallest absolute Gasteiger partial charge is 0.258 e. The summed E-state index contributed by atoms with van der Waals surface area (Å²) in [4.78, 5) is 10.0. The second kappa shape index (κ2) is 2.77. The molecule has 0 atom stereocenters. The van der Waals surface area contributed by atoms with Crippen LogP contribution in [0.4, 0.5) is 5.69 Å². The van der Waals surface area contributed by atoms with E-state index >= 15 is 0 Å². The molecule has 0 aliphatic heterocycles. The third kappa shape index (κ3) is 1.27. The molecule has 0 saturated heterocycles. The van der Waals surface area contributed by atoms with Crippen LogP contribution in [0.5, 0.6) is 0 Å². The van der Waals surface area contributed by atoms with E-state index in [-0.39, 0.29) is 5.69 Å². The lowest BCUT2D eigenvalue weighted by atomic mass is 10.2. The SMILES string of the molecule is Cc1nsc2cc([N+](=O)[O-])ccc12. The summed E-state index contributed by atoms with van der Waals surface area (Å²) >= 11 is 1.29. The van der Waals surface area contributed by atoms with Gasteiger partial charge in [0.2, 0.25) is 0 Å². The molecule has 0 bridgehead atoms. The van der Waals surface area contributed by atoms with Crippen molar-refractivity contribution in [3.05, 3.63) is 34.0 Å². The summed E-state index contributed by atoms with van der Waals surface area (Å²) in [7, 11) is 0. The maximum absolute atomic E-state index is 10.4. The normalized spacial score (nSPS) is 10.5. The molecule has 0 saturated carbocycles. The van der Waals surface area contributed by atoms with E-state index in [1.54, 1.807) is 12.1 Å². The van der Waals surface area contributed by atoms with Crippen LogP contribution < -0.4 is 0 Å². The quantitative estimate of drug-likeness (QED) is 0.517. The average molecular weight is 194 g/mol. The summed E-state index contributed by atoms with van der Waals surface area (Å²) in [5.74, 6) is 0. The lowest BCUT2D eigenvalue weighted by molar-refractivity contribution is -0.384. The monoisotopic (exact) mass is 194 g/mol. The number of rotatable bonds is 1. The molecule has 0 radical (unpaired) electrons. The highest BCUT2D eigenvalue weighted by atomic mass is 32.1. The molecule has 0 amide bonds. The van der Waals surface area contributed by atoms with E-state index in [1.165, 1.54) is 17.6 Å². The first-order valence-electron chi connectivity index (χ1n) is 3.69. The first-order chi connectivity index (χ1) is 6.18. The van der Waals surface area contributed by atoms with Crippen LogP contribution in [0, 0.1) is 17.0 Å². The Kier molecular flexibility index (Phi) is 1.73. The van der Waals surface area contributed by atoms with Crippen molar-refractivity contribution in [2.45, 2.75) is 6.92 Å². The van der Waals surface area contributed by atoms with Crippen molar-refractivity contribution in [3.8, 4) is 0 Å². The molecule has 13 heavy (non-hydrogen) atoms. The highest BCUT2D eigenvalue weighted by Crippen LogP contribution is 2.26. The number of nitro benzene ring substituents is 1. The molecule has 5 heteroatoms. The summed E-state index contributed by atoms with van der Waals surface area (Å²) in [5.41, 5.74) is 1.05. The Morgan fingerprint density at radius 3 is 3.00 bits per heavy atom. The molecule has 1 heterocycles. The van der Waals surface area contributed by atoms with Gasteiger partial charge in [0.25, 0.3) is 5.69 Å². The minimum atomic E-state index is -0.394. The molecule has 2 rings (SSSR count). The molecule has 2 aromatic rings. The first kappa shape index (κ1) is 8.12. The van der Waals surface area contributed by atoms with E-state index < -0.39 is 4.92 Å². The van der Waals surface area contributed by atoms with Crippen molar-refractivity contribution < 1.29 is 4.92 Å². The molecule has 0 aliphatic carbocycles. The average Bonchev–Trinajstić information content (AvgIpc) is 2.47. The number of hydrogen-bond donors (Lipinski definition) is 0. The fourth-order valence-electron chi connectivity index (χ4n) is 1.17. The summed E-state index contributed by atoms with van der Waals surface area (Å²) in [6, 6.07) is 4.80. The molecule has 0 N–H and O–H groups in total. The number of non-ortho nitro benzene ring substituents is 1. The number of fused-ring (bicyclic) bond motifs is 1. The van der Waals surface area contributed by atoms with Crippen LogP contribution in [0.3, 0.4) is 0 Å². The van der Waals surface area contributed by atoms with Crippen molar-refractivity contribution in [2.24, 2.45) is 0 Å². The summed E-state index contributed by atoms with van der Waals surface area (Å²) in [5, 5.41) is 11.4. The van der Waals surface area contributed by atoms with E-state index in [1.807, 2.05) is 6.92 Å². The Hall–Kier alpha value is -1.49. The number of nitro groups is 1. The molecule has 1 aromatic carbocycles. The number of hydrogen-bond acceptors (Lipinski definition) is 4. The third-order valence-corrected chi connectivity index (χ3v) is 2.75. The maximum Gasteiger partial charge on any atom is 0.270 e. The number of aryl methyl sites for hydroxylation is 1. The van der Waals surface area contributed by atoms with E-state index in [0.717, 1.165) is 15.8 Å². The topological polar surface area (TPSA) is 56.0 Å². The van der Waals surface area contributed by atoms with Crippen LogP contribution in [-0.4, -0.2) is 9.30 Å². The molecular weight excluding hydrogens is 188 g/mol. The van der Waals surface area contributed by atoms with Gasteiger partial charge in [-0.1, -0.05) is 0 Å². The van der Waals surface area contributed by atoms with E-state index in [0.29, 0.717) is 0 Å². The molecule has 0 spiro atoms. The molecule has 0 aliphatic rings. The standard InChI is InChI=1S/C8H6N2O2S/c1-5-7-3-2-6(10(11)12)4-8(7)13-9-5/h2-4H,1H3. The van der Waals surface area contributed by atoms with Crippen LogP contribution in [0.1, 0.15) is 5.69 Å². The second-order valence-corrected chi connectivity index (χ2v) is 3.51. The maximum atomic E-state index is 10.4. The molecule has 0 unspecified atom stereocenters. The van der Waals surface area contributed by atoms with Crippen LogP contribution in [0.15, 0.2) is 18.2 Å². The van der Waals surface area contributed by atoms with E-state index in [2.05, 4.69) is 4.37 Å². The lowest BCUT2D eigenvalue weighted by Crippen LogP contribution is -1.85. The number of aromatic nitrogens is 1. The van der Waals surface area contributed by atoms with Crippen LogP contribution in [0.2, 0.25) is 0 Å².